The standard InChI is InChI=1S/C15H20N2O2S/c18-20(19,17-10-15(6-7-15)12-1-2-12)13-3-4-14-11(9-13)5-8-16-14/h3-4,9,12,16-17H,1-2,5-8,10H2. The molecule has 0 unspecified atom stereocenters. The molecular formula is C15H20N2O2S. The van der Waals surface area contributed by atoms with E-state index in [9.17, 15) is 8.42 Å². The van der Waals surface area contributed by atoms with E-state index >= 15 is 0 Å². The van der Waals surface area contributed by atoms with Gasteiger partial charge < -0.3 is 5.32 Å². The molecule has 1 aromatic carbocycles. The molecule has 20 heavy (non-hydrogen) atoms. The number of hydrogen-bond acceptors (Lipinski definition) is 3. The van der Waals surface area contributed by atoms with Crippen molar-refractivity contribution in [2.24, 2.45) is 11.3 Å². The monoisotopic (exact) mass is 292 g/mol. The van der Waals surface area contributed by atoms with E-state index in [0.29, 0.717) is 16.9 Å². The van der Waals surface area contributed by atoms with Crippen LogP contribution >= 0.6 is 0 Å². The Hall–Kier alpha value is -1.07. The fourth-order valence-electron chi connectivity index (χ4n) is 3.36. The summed E-state index contributed by atoms with van der Waals surface area (Å²) in [6.07, 6.45) is 5.85. The maximum Gasteiger partial charge on any atom is 0.240 e. The molecule has 1 heterocycles. The summed E-state index contributed by atoms with van der Waals surface area (Å²) in [6, 6.07) is 5.40. The Kier molecular flexibility index (Phi) is 2.67. The van der Waals surface area contributed by atoms with E-state index in [-0.39, 0.29) is 0 Å². The van der Waals surface area contributed by atoms with Gasteiger partial charge in [0, 0.05) is 18.8 Å². The van der Waals surface area contributed by atoms with Crippen molar-refractivity contribution in [1.29, 1.82) is 0 Å². The van der Waals surface area contributed by atoms with Crippen molar-refractivity contribution < 1.29 is 8.42 Å². The summed E-state index contributed by atoms with van der Waals surface area (Å²) in [6.45, 7) is 1.52. The summed E-state index contributed by atoms with van der Waals surface area (Å²) in [7, 11) is -3.36. The molecule has 0 atom stereocenters. The average Bonchev–Trinajstić information content (AvgIpc) is 3.33. The Morgan fingerprint density at radius 3 is 2.80 bits per heavy atom. The van der Waals surface area contributed by atoms with Gasteiger partial charge in [-0.25, -0.2) is 13.1 Å². The second-order valence-electron chi connectivity index (χ2n) is 6.46. The lowest BCUT2D eigenvalue weighted by Gasteiger charge is -2.15. The molecule has 2 N–H and O–H groups in total. The molecule has 0 aromatic heterocycles. The third-order valence-corrected chi connectivity index (χ3v) is 6.45. The highest BCUT2D eigenvalue weighted by molar-refractivity contribution is 7.89. The van der Waals surface area contributed by atoms with Crippen LogP contribution in [0.4, 0.5) is 5.69 Å². The van der Waals surface area contributed by atoms with Gasteiger partial charge in [0.25, 0.3) is 0 Å². The number of anilines is 1. The summed E-state index contributed by atoms with van der Waals surface area (Å²) in [5.41, 5.74) is 2.47. The fourth-order valence-corrected chi connectivity index (χ4v) is 4.54. The molecule has 0 bridgehead atoms. The van der Waals surface area contributed by atoms with Gasteiger partial charge >= 0.3 is 0 Å². The first-order valence-electron chi connectivity index (χ1n) is 7.46. The third-order valence-electron chi connectivity index (χ3n) is 5.05. The van der Waals surface area contributed by atoms with Crippen molar-refractivity contribution in [2.45, 2.75) is 37.0 Å². The smallest absolute Gasteiger partial charge is 0.240 e. The molecule has 0 amide bonds. The minimum absolute atomic E-state index is 0.297. The number of sulfonamides is 1. The van der Waals surface area contributed by atoms with Crippen LogP contribution in [0.3, 0.4) is 0 Å². The minimum Gasteiger partial charge on any atom is -0.384 e. The Balaban J connectivity index is 1.51. The zero-order valence-corrected chi connectivity index (χ0v) is 12.3. The lowest BCUT2D eigenvalue weighted by atomic mass is 10.0. The molecule has 4 rings (SSSR count). The first kappa shape index (κ1) is 12.7. The molecule has 0 spiro atoms. The van der Waals surface area contributed by atoms with E-state index in [1.807, 2.05) is 12.1 Å². The largest absolute Gasteiger partial charge is 0.384 e. The van der Waals surface area contributed by atoms with E-state index < -0.39 is 10.0 Å². The van der Waals surface area contributed by atoms with Crippen molar-refractivity contribution in [1.82, 2.24) is 4.72 Å². The van der Waals surface area contributed by atoms with Gasteiger partial charge in [0.2, 0.25) is 10.0 Å². The first-order chi connectivity index (χ1) is 9.59. The number of nitrogens with one attached hydrogen (secondary N) is 2. The van der Waals surface area contributed by atoms with Crippen LogP contribution < -0.4 is 10.0 Å². The second kappa shape index (κ2) is 4.21. The van der Waals surface area contributed by atoms with E-state index in [0.717, 1.165) is 30.1 Å². The van der Waals surface area contributed by atoms with Crippen LogP contribution in [-0.2, 0) is 16.4 Å². The molecule has 5 heteroatoms. The van der Waals surface area contributed by atoms with Crippen LogP contribution in [-0.4, -0.2) is 21.5 Å². The molecule has 2 aliphatic carbocycles. The number of rotatable bonds is 5. The molecule has 4 nitrogen and oxygen atoms in total. The van der Waals surface area contributed by atoms with Crippen LogP contribution in [0.5, 0.6) is 0 Å². The molecule has 3 aliphatic rings. The van der Waals surface area contributed by atoms with E-state index in [4.69, 9.17) is 0 Å². The molecule has 1 aromatic rings. The summed E-state index contributed by atoms with van der Waals surface area (Å²) in [5.74, 6) is 0.773. The van der Waals surface area contributed by atoms with Crippen molar-refractivity contribution in [3.8, 4) is 0 Å². The summed E-state index contributed by atoms with van der Waals surface area (Å²) < 4.78 is 27.7. The van der Waals surface area contributed by atoms with Gasteiger partial charge in [0.1, 0.15) is 0 Å². The van der Waals surface area contributed by atoms with Crippen LogP contribution in [0.1, 0.15) is 31.2 Å². The normalized spacial score (nSPS) is 23.2. The zero-order chi connectivity index (χ0) is 13.8. The SMILES string of the molecule is O=S(=O)(NCC1(C2CC2)CC1)c1ccc2c(c1)CCN2. The van der Waals surface area contributed by atoms with Crippen molar-refractivity contribution >= 4 is 15.7 Å². The van der Waals surface area contributed by atoms with Crippen LogP contribution in [0.2, 0.25) is 0 Å². The van der Waals surface area contributed by atoms with Crippen molar-refractivity contribution in [2.75, 3.05) is 18.4 Å². The van der Waals surface area contributed by atoms with Gasteiger partial charge in [-0.1, -0.05) is 0 Å². The van der Waals surface area contributed by atoms with Crippen molar-refractivity contribution in [3.63, 3.8) is 0 Å². The first-order valence-corrected chi connectivity index (χ1v) is 8.94. The van der Waals surface area contributed by atoms with Crippen LogP contribution in [0, 0.1) is 11.3 Å². The molecule has 2 fully saturated rings. The van der Waals surface area contributed by atoms with Gasteiger partial charge in [-0.15, -0.1) is 0 Å². The maximum absolute atomic E-state index is 12.4. The lowest BCUT2D eigenvalue weighted by molar-refractivity contribution is 0.432. The highest BCUT2D eigenvalue weighted by Gasteiger charge is 2.53. The van der Waals surface area contributed by atoms with E-state index in [1.165, 1.54) is 25.7 Å². The van der Waals surface area contributed by atoms with Gasteiger partial charge in [0.05, 0.1) is 4.90 Å². The second-order valence-corrected chi connectivity index (χ2v) is 8.22. The molecule has 2 saturated carbocycles. The Morgan fingerprint density at radius 1 is 1.30 bits per heavy atom. The molecule has 1 aliphatic heterocycles. The van der Waals surface area contributed by atoms with Crippen molar-refractivity contribution in [3.05, 3.63) is 23.8 Å². The molecule has 0 radical (unpaired) electrons. The summed E-state index contributed by atoms with van der Waals surface area (Å²) in [4.78, 5) is 0.409. The number of hydrogen-bond donors (Lipinski definition) is 2. The average molecular weight is 292 g/mol. The number of fused-ring (bicyclic) bond motifs is 1. The fraction of sp³-hybridized carbons (Fsp3) is 0.600. The Labute approximate surface area is 120 Å². The lowest BCUT2D eigenvalue weighted by Crippen LogP contribution is -2.31. The van der Waals surface area contributed by atoms with E-state index in [1.54, 1.807) is 6.07 Å². The van der Waals surface area contributed by atoms with Gasteiger partial charge in [0.15, 0.2) is 0 Å². The molecule has 108 valence electrons. The predicted molar refractivity (Wildman–Crippen MR) is 78.2 cm³/mol. The molecular weight excluding hydrogens is 272 g/mol. The number of benzene rings is 1. The van der Waals surface area contributed by atoms with Crippen LogP contribution in [0.25, 0.3) is 0 Å². The maximum atomic E-state index is 12.4. The third kappa shape index (κ3) is 2.13. The highest BCUT2D eigenvalue weighted by atomic mass is 32.2. The van der Waals surface area contributed by atoms with Crippen LogP contribution in [0.15, 0.2) is 23.1 Å². The predicted octanol–water partition coefficient (Wildman–Crippen LogP) is 2.12. The minimum atomic E-state index is -3.36. The summed E-state index contributed by atoms with van der Waals surface area (Å²) >= 11 is 0. The Bertz CT molecular complexity index is 646. The van der Waals surface area contributed by atoms with Gasteiger partial charge in [-0.2, -0.15) is 0 Å². The van der Waals surface area contributed by atoms with Gasteiger partial charge in [-0.3, -0.25) is 0 Å². The zero-order valence-electron chi connectivity index (χ0n) is 11.5. The highest BCUT2D eigenvalue weighted by Crippen LogP contribution is 2.60. The Morgan fingerprint density at radius 2 is 2.10 bits per heavy atom. The topological polar surface area (TPSA) is 58.2 Å². The molecule has 0 saturated heterocycles. The quantitative estimate of drug-likeness (QED) is 0.874. The van der Waals surface area contributed by atoms with E-state index in [2.05, 4.69) is 10.0 Å². The van der Waals surface area contributed by atoms with Gasteiger partial charge in [-0.05, 0) is 67.2 Å². The summed E-state index contributed by atoms with van der Waals surface area (Å²) in [5, 5.41) is 3.25.